The van der Waals surface area contributed by atoms with Gasteiger partial charge in [-0.15, -0.1) is 0 Å². The lowest BCUT2D eigenvalue weighted by atomic mass is 10.1. The monoisotopic (exact) mass is 339 g/mol. The highest BCUT2D eigenvalue weighted by atomic mass is 35.5. The number of imide groups is 1. The number of nitrogens with zero attached hydrogens (tertiary/aromatic N) is 2. The summed E-state index contributed by atoms with van der Waals surface area (Å²) in [4.78, 5) is 27.1. The van der Waals surface area contributed by atoms with Gasteiger partial charge in [-0.1, -0.05) is 11.6 Å². The van der Waals surface area contributed by atoms with E-state index in [1.54, 1.807) is 26.0 Å². The molecule has 0 unspecified atom stereocenters. The molecule has 1 aliphatic rings. The number of ether oxygens (including phenoxy) is 1. The standard InChI is InChI=1S/C16H22ClN3O3/c1-16(2)14(21)20(15(22)18-16)9-8-19(3)10-11-23-13-6-4-12(17)5-7-13/h4-7H,8-11H2,1-3H3,(H,18,22). The number of hydrogen-bond acceptors (Lipinski definition) is 4. The topological polar surface area (TPSA) is 61.9 Å². The molecule has 3 amide bonds. The zero-order chi connectivity index (χ0) is 17.0. The van der Waals surface area contributed by atoms with Crippen LogP contribution in [0.2, 0.25) is 5.02 Å². The first-order valence-corrected chi connectivity index (χ1v) is 7.88. The second kappa shape index (κ2) is 7.19. The SMILES string of the molecule is CN(CCOc1ccc(Cl)cc1)CCN1C(=O)NC(C)(C)C1=O. The molecule has 1 aliphatic heterocycles. The number of carbonyl (C=O) groups is 2. The maximum Gasteiger partial charge on any atom is 0.325 e. The molecule has 1 fully saturated rings. The van der Waals surface area contributed by atoms with Crippen molar-refractivity contribution in [2.24, 2.45) is 0 Å². The summed E-state index contributed by atoms with van der Waals surface area (Å²) in [5.41, 5.74) is -0.812. The summed E-state index contributed by atoms with van der Waals surface area (Å²) in [5, 5.41) is 3.34. The lowest BCUT2D eigenvalue weighted by molar-refractivity contribution is -0.130. The fourth-order valence-corrected chi connectivity index (χ4v) is 2.38. The molecule has 1 aromatic rings. The average Bonchev–Trinajstić information content (AvgIpc) is 2.67. The van der Waals surface area contributed by atoms with Gasteiger partial charge in [0.1, 0.15) is 17.9 Å². The first kappa shape index (κ1) is 17.6. The number of hydrogen-bond donors (Lipinski definition) is 1. The average molecular weight is 340 g/mol. The second-order valence-corrected chi connectivity index (χ2v) is 6.55. The van der Waals surface area contributed by atoms with Crippen molar-refractivity contribution in [1.29, 1.82) is 0 Å². The van der Waals surface area contributed by atoms with Gasteiger partial charge in [0.15, 0.2) is 0 Å². The Bertz CT molecular complexity index is 574. The van der Waals surface area contributed by atoms with E-state index >= 15 is 0 Å². The molecule has 0 atom stereocenters. The molecule has 0 bridgehead atoms. The summed E-state index contributed by atoms with van der Waals surface area (Å²) in [7, 11) is 1.93. The number of nitrogens with one attached hydrogen (secondary N) is 1. The van der Waals surface area contributed by atoms with Crippen LogP contribution in [0.3, 0.4) is 0 Å². The minimum Gasteiger partial charge on any atom is -0.492 e. The maximum atomic E-state index is 12.1. The van der Waals surface area contributed by atoms with Gasteiger partial charge < -0.3 is 15.0 Å². The Morgan fingerprint density at radius 2 is 1.87 bits per heavy atom. The number of likely N-dealkylation sites (N-methyl/N-ethyl adjacent to an activating group) is 1. The van der Waals surface area contributed by atoms with Crippen molar-refractivity contribution in [3.05, 3.63) is 29.3 Å². The Morgan fingerprint density at radius 3 is 2.43 bits per heavy atom. The van der Waals surface area contributed by atoms with Gasteiger partial charge in [0, 0.05) is 24.7 Å². The van der Waals surface area contributed by atoms with Crippen molar-refractivity contribution < 1.29 is 14.3 Å². The van der Waals surface area contributed by atoms with Crippen molar-refractivity contribution in [1.82, 2.24) is 15.1 Å². The largest absolute Gasteiger partial charge is 0.492 e. The number of rotatable bonds is 7. The molecule has 126 valence electrons. The highest BCUT2D eigenvalue weighted by Crippen LogP contribution is 2.16. The number of carbonyl (C=O) groups excluding carboxylic acids is 2. The fourth-order valence-electron chi connectivity index (χ4n) is 2.25. The Kier molecular flexibility index (Phi) is 5.49. The maximum absolute atomic E-state index is 12.1. The highest BCUT2D eigenvalue weighted by molar-refractivity contribution is 6.30. The van der Waals surface area contributed by atoms with Crippen LogP contribution < -0.4 is 10.1 Å². The van der Waals surface area contributed by atoms with Crippen LogP contribution in [-0.4, -0.2) is 60.6 Å². The number of benzene rings is 1. The lowest BCUT2D eigenvalue weighted by Crippen LogP contribution is -2.41. The van der Waals surface area contributed by atoms with Crippen LogP contribution in [0.15, 0.2) is 24.3 Å². The summed E-state index contributed by atoms with van der Waals surface area (Å²) in [5.74, 6) is 0.576. The van der Waals surface area contributed by atoms with Gasteiger partial charge in [0.05, 0.1) is 0 Å². The molecular formula is C16H22ClN3O3. The molecule has 0 radical (unpaired) electrons. The molecule has 1 N–H and O–H groups in total. The van der Waals surface area contributed by atoms with Crippen LogP contribution in [0.1, 0.15) is 13.8 Å². The lowest BCUT2D eigenvalue weighted by Gasteiger charge is -2.21. The van der Waals surface area contributed by atoms with E-state index in [1.165, 1.54) is 4.90 Å². The molecule has 0 saturated carbocycles. The van der Waals surface area contributed by atoms with E-state index in [4.69, 9.17) is 16.3 Å². The summed E-state index contributed by atoms with van der Waals surface area (Å²) in [6.07, 6.45) is 0. The normalized spacial score (nSPS) is 16.8. The van der Waals surface area contributed by atoms with E-state index in [2.05, 4.69) is 5.32 Å². The summed E-state index contributed by atoms with van der Waals surface area (Å²) < 4.78 is 5.62. The van der Waals surface area contributed by atoms with Gasteiger partial charge in [-0.25, -0.2) is 4.79 Å². The van der Waals surface area contributed by atoms with Crippen LogP contribution in [-0.2, 0) is 4.79 Å². The Hall–Kier alpha value is -1.79. The minimum absolute atomic E-state index is 0.187. The molecule has 0 aromatic heterocycles. The van der Waals surface area contributed by atoms with E-state index in [0.29, 0.717) is 31.3 Å². The summed E-state index contributed by atoms with van der Waals surface area (Å²) in [6.45, 7) is 5.58. The van der Waals surface area contributed by atoms with Crippen LogP contribution >= 0.6 is 11.6 Å². The molecule has 0 spiro atoms. The zero-order valence-electron chi connectivity index (χ0n) is 13.6. The molecule has 1 heterocycles. The van der Waals surface area contributed by atoms with Gasteiger partial charge in [-0.3, -0.25) is 9.69 Å². The van der Waals surface area contributed by atoms with Gasteiger partial charge in [-0.05, 0) is 45.2 Å². The van der Waals surface area contributed by atoms with E-state index in [0.717, 1.165) is 5.75 Å². The summed E-state index contributed by atoms with van der Waals surface area (Å²) in [6, 6.07) is 6.86. The zero-order valence-corrected chi connectivity index (χ0v) is 14.4. The van der Waals surface area contributed by atoms with Gasteiger partial charge >= 0.3 is 6.03 Å². The van der Waals surface area contributed by atoms with Crippen molar-refractivity contribution in [3.63, 3.8) is 0 Å². The first-order valence-electron chi connectivity index (χ1n) is 7.50. The van der Waals surface area contributed by atoms with E-state index in [1.807, 2.05) is 24.1 Å². The van der Waals surface area contributed by atoms with Crippen LogP contribution in [0.5, 0.6) is 5.75 Å². The van der Waals surface area contributed by atoms with Gasteiger partial charge in [0.25, 0.3) is 5.91 Å². The molecule has 2 rings (SSSR count). The third-order valence-corrected chi connectivity index (χ3v) is 3.96. The number of amides is 3. The molecule has 23 heavy (non-hydrogen) atoms. The predicted octanol–water partition coefficient (Wildman–Crippen LogP) is 1.98. The van der Waals surface area contributed by atoms with Gasteiger partial charge in [-0.2, -0.15) is 0 Å². The Morgan fingerprint density at radius 1 is 1.22 bits per heavy atom. The second-order valence-electron chi connectivity index (χ2n) is 6.12. The molecular weight excluding hydrogens is 318 g/mol. The van der Waals surface area contributed by atoms with Crippen LogP contribution in [0, 0.1) is 0 Å². The molecule has 0 aliphatic carbocycles. The Balaban J connectivity index is 1.71. The highest BCUT2D eigenvalue weighted by Gasteiger charge is 2.43. The molecule has 7 heteroatoms. The number of urea groups is 1. The molecule has 1 aromatic carbocycles. The van der Waals surface area contributed by atoms with Crippen molar-refractivity contribution >= 4 is 23.5 Å². The Labute approximate surface area is 141 Å². The third kappa shape index (κ3) is 4.59. The minimum atomic E-state index is -0.812. The van der Waals surface area contributed by atoms with Crippen LogP contribution in [0.25, 0.3) is 0 Å². The smallest absolute Gasteiger partial charge is 0.325 e. The van der Waals surface area contributed by atoms with E-state index in [-0.39, 0.29) is 11.9 Å². The third-order valence-electron chi connectivity index (χ3n) is 3.71. The predicted molar refractivity (Wildman–Crippen MR) is 88.8 cm³/mol. The molecule has 1 saturated heterocycles. The van der Waals surface area contributed by atoms with Gasteiger partial charge in [0.2, 0.25) is 0 Å². The quantitative estimate of drug-likeness (QED) is 0.772. The first-order chi connectivity index (χ1) is 10.8. The van der Waals surface area contributed by atoms with Crippen molar-refractivity contribution in [2.75, 3.05) is 33.3 Å². The molecule has 6 nitrogen and oxygen atoms in total. The fraction of sp³-hybridized carbons (Fsp3) is 0.500. The van der Waals surface area contributed by atoms with Crippen molar-refractivity contribution in [3.8, 4) is 5.75 Å². The van der Waals surface area contributed by atoms with E-state index in [9.17, 15) is 9.59 Å². The van der Waals surface area contributed by atoms with Crippen LogP contribution in [0.4, 0.5) is 4.79 Å². The number of halogens is 1. The summed E-state index contributed by atoms with van der Waals surface area (Å²) >= 11 is 5.81. The van der Waals surface area contributed by atoms with Crippen molar-refractivity contribution in [2.45, 2.75) is 19.4 Å². The van der Waals surface area contributed by atoms with E-state index < -0.39 is 5.54 Å².